The van der Waals surface area contributed by atoms with Crippen LogP contribution in [0.15, 0.2) is 6.07 Å². The van der Waals surface area contributed by atoms with Gasteiger partial charge in [-0.1, -0.05) is 20.3 Å². The van der Waals surface area contributed by atoms with Gasteiger partial charge in [-0.15, -0.1) is 0 Å². The summed E-state index contributed by atoms with van der Waals surface area (Å²) in [5.41, 5.74) is 1.53. The number of rotatable bonds is 4. The largest absolute Gasteiger partial charge is 0.350 e. The molecule has 3 heterocycles. The van der Waals surface area contributed by atoms with Gasteiger partial charge < -0.3 is 10.2 Å². The van der Waals surface area contributed by atoms with Gasteiger partial charge in [0.05, 0.1) is 0 Å². The van der Waals surface area contributed by atoms with Crippen molar-refractivity contribution in [3.63, 3.8) is 0 Å². The molecule has 2 atom stereocenters. The van der Waals surface area contributed by atoms with Gasteiger partial charge in [0.1, 0.15) is 5.69 Å². The number of nitrogens with zero attached hydrogens (tertiary/aromatic N) is 2. The minimum Gasteiger partial charge on any atom is -0.350 e. The standard InChI is InChI=1S/C17H28N4O/c1-12(2)14-10-15(20-19-14)17(22)18-11-13-6-5-9-21-8-4-3-7-16(13)21/h10,12-13,16H,3-9,11H2,1-2H3,(H,18,22)(H,19,20). The molecular formula is C17H28N4O. The van der Waals surface area contributed by atoms with Gasteiger partial charge in [0, 0.05) is 18.3 Å². The van der Waals surface area contributed by atoms with Crippen LogP contribution in [0.1, 0.15) is 68.1 Å². The average molecular weight is 304 g/mol. The van der Waals surface area contributed by atoms with E-state index in [2.05, 4.69) is 34.3 Å². The zero-order valence-electron chi connectivity index (χ0n) is 13.8. The number of aromatic nitrogens is 2. The third-order valence-electron chi connectivity index (χ3n) is 5.21. The van der Waals surface area contributed by atoms with Crippen molar-refractivity contribution in [2.75, 3.05) is 19.6 Å². The Hall–Kier alpha value is -1.36. The normalized spacial score (nSPS) is 26.0. The highest BCUT2D eigenvalue weighted by molar-refractivity contribution is 5.92. The van der Waals surface area contributed by atoms with Gasteiger partial charge in [-0.3, -0.25) is 9.89 Å². The molecule has 2 saturated heterocycles. The number of amides is 1. The fourth-order valence-corrected chi connectivity index (χ4v) is 3.88. The molecule has 122 valence electrons. The third kappa shape index (κ3) is 3.35. The van der Waals surface area contributed by atoms with Gasteiger partial charge in [-0.05, 0) is 56.7 Å². The van der Waals surface area contributed by atoms with E-state index < -0.39 is 0 Å². The molecule has 5 nitrogen and oxygen atoms in total. The molecule has 0 spiro atoms. The van der Waals surface area contributed by atoms with Crippen molar-refractivity contribution in [3.05, 3.63) is 17.5 Å². The number of carbonyl (C=O) groups excluding carboxylic acids is 1. The number of fused-ring (bicyclic) bond motifs is 1. The third-order valence-corrected chi connectivity index (χ3v) is 5.21. The molecule has 0 aliphatic carbocycles. The molecular weight excluding hydrogens is 276 g/mol. The summed E-state index contributed by atoms with van der Waals surface area (Å²) in [4.78, 5) is 14.9. The van der Waals surface area contributed by atoms with E-state index in [0.29, 0.717) is 23.6 Å². The molecule has 0 saturated carbocycles. The highest BCUT2D eigenvalue weighted by Gasteiger charge is 2.33. The van der Waals surface area contributed by atoms with Gasteiger partial charge in [0.25, 0.3) is 5.91 Å². The lowest BCUT2D eigenvalue weighted by molar-refractivity contribution is 0.0575. The first-order valence-electron chi connectivity index (χ1n) is 8.72. The van der Waals surface area contributed by atoms with Crippen LogP contribution in [-0.4, -0.2) is 46.7 Å². The van der Waals surface area contributed by atoms with E-state index in [9.17, 15) is 4.79 Å². The van der Waals surface area contributed by atoms with Crippen LogP contribution < -0.4 is 5.32 Å². The van der Waals surface area contributed by atoms with Gasteiger partial charge >= 0.3 is 0 Å². The van der Waals surface area contributed by atoms with Gasteiger partial charge in [-0.25, -0.2) is 0 Å². The zero-order chi connectivity index (χ0) is 15.5. The van der Waals surface area contributed by atoms with Crippen molar-refractivity contribution in [1.82, 2.24) is 20.4 Å². The van der Waals surface area contributed by atoms with E-state index in [1.165, 1.54) is 45.2 Å². The molecule has 2 N–H and O–H groups in total. The molecule has 2 fully saturated rings. The maximum atomic E-state index is 12.3. The summed E-state index contributed by atoms with van der Waals surface area (Å²) < 4.78 is 0. The summed E-state index contributed by atoms with van der Waals surface area (Å²) in [6.07, 6.45) is 6.46. The fourth-order valence-electron chi connectivity index (χ4n) is 3.88. The SMILES string of the molecule is CC(C)c1cc(C(=O)NCC2CCCN3CCCCC23)n[nH]1. The lowest BCUT2D eigenvalue weighted by Crippen LogP contribution is -2.51. The Bertz CT molecular complexity index is 509. The van der Waals surface area contributed by atoms with Crippen LogP contribution in [0.4, 0.5) is 0 Å². The van der Waals surface area contributed by atoms with Crippen molar-refractivity contribution in [2.45, 2.75) is 57.9 Å². The van der Waals surface area contributed by atoms with Crippen LogP contribution in [0.2, 0.25) is 0 Å². The highest BCUT2D eigenvalue weighted by Crippen LogP contribution is 2.30. The van der Waals surface area contributed by atoms with E-state index in [4.69, 9.17) is 0 Å². The summed E-state index contributed by atoms with van der Waals surface area (Å²) in [6.45, 7) is 7.45. The molecule has 2 aliphatic heterocycles. The van der Waals surface area contributed by atoms with Crippen molar-refractivity contribution in [3.8, 4) is 0 Å². The second kappa shape index (κ2) is 6.82. The minimum atomic E-state index is -0.0453. The minimum absolute atomic E-state index is 0.0453. The molecule has 5 heteroatoms. The maximum Gasteiger partial charge on any atom is 0.271 e. The van der Waals surface area contributed by atoms with Crippen LogP contribution in [0, 0.1) is 5.92 Å². The first-order chi connectivity index (χ1) is 10.6. The number of piperidine rings is 2. The van der Waals surface area contributed by atoms with E-state index in [1.807, 2.05) is 6.07 Å². The van der Waals surface area contributed by atoms with Gasteiger partial charge in [-0.2, -0.15) is 5.10 Å². The van der Waals surface area contributed by atoms with E-state index in [-0.39, 0.29) is 5.91 Å². The predicted octanol–water partition coefficient (Wildman–Crippen LogP) is 2.53. The van der Waals surface area contributed by atoms with E-state index in [0.717, 1.165) is 12.2 Å². The Morgan fingerprint density at radius 1 is 1.36 bits per heavy atom. The maximum absolute atomic E-state index is 12.3. The van der Waals surface area contributed by atoms with Crippen LogP contribution in [0.25, 0.3) is 0 Å². The molecule has 2 unspecified atom stereocenters. The zero-order valence-corrected chi connectivity index (χ0v) is 13.8. The Morgan fingerprint density at radius 3 is 2.95 bits per heavy atom. The summed E-state index contributed by atoms with van der Waals surface area (Å²) >= 11 is 0. The highest BCUT2D eigenvalue weighted by atomic mass is 16.1. The second-order valence-electron chi connectivity index (χ2n) is 7.07. The van der Waals surface area contributed by atoms with Crippen molar-refractivity contribution >= 4 is 5.91 Å². The van der Waals surface area contributed by atoms with Crippen LogP contribution in [0.3, 0.4) is 0 Å². The van der Waals surface area contributed by atoms with E-state index >= 15 is 0 Å². The molecule has 2 aliphatic rings. The first-order valence-corrected chi connectivity index (χ1v) is 8.72. The summed E-state index contributed by atoms with van der Waals surface area (Å²) in [5, 5.41) is 10.2. The summed E-state index contributed by atoms with van der Waals surface area (Å²) in [7, 11) is 0. The van der Waals surface area contributed by atoms with Crippen LogP contribution in [0.5, 0.6) is 0 Å². The summed E-state index contributed by atoms with van der Waals surface area (Å²) in [5.74, 6) is 0.917. The molecule has 1 aromatic heterocycles. The quantitative estimate of drug-likeness (QED) is 0.898. The number of hydrogen-bond donors (Lipinski definition) is 2. The topological polar surface area (TPSA) is 61.0 Å². The number of nitrogens with one attached hydrogen (secondary N) is 2. The van der Waals surface area contributed by atoms with Gasteiger partial charge in [0.15, 0.2) is 0 Å². The summed E-state index contributed by atoms with van der Waals surface area (Å²) in [6, 6.07) is 2.54. The van der Waals surface area contributed by atoms with Crippen molar-refractivity contribution in [1.29, 1.82) is 0 Å². The number of H-pyrrole nitrogens is 1. The van der Waals surface area contributed by atoms with Gasteiger partial charge in [0.2, 0.25) is 0 Å². The monoisotopic (exact) mass is 304 g/mol. The predicted molar refractivity (Wildman–Crippen MR) is 86.9 cm³/mol. The molecule has 1 aromatic rings. The molecule has 22 heavy (non-hydrogen) atoms. The van der Waals surface area contributed by atoms with Crippen molar-refractivity contribution in [2.24, 2.45) is 5.92 Å². The van der Waals surface area contributed by atoms with Crippen LogP contribution in [-0.2, 0) is 0 Å². The molecule has 0 bridgehead atoms. The lowest BCUT2D eigenvalue weighted by atomic mass is 9.83. The lowest BCUT2D eigenvalue weighted by Gasteiger charge is -2.44. The van der Waals surface area contributed by atoms with Crippen LogP contribution >= 0.6 is 0 Å². The number of aromatic amines is 1. The second-order valence-corrected chi connectivity index (χ2v) is 7.07. The number of hydrogen-bond acceptors (Lipinski definition) is 3. The fraction of sp³-hybridized carbons (Fsp3) is 0.765. The molecule has 0 radical (unpaired) electrons. The van der Waals surface area contributed by atoms with E-state index in [1.54, 1.807) is 0 Å². The molecule has 0 aromatic carbocycles. The Morgan fingerprint density at radius 2 is 2.18 bits per heavy atom. The smallest absolute Gasteiger partial charge is 0.271 e. The Kier molecular flexibility index (Phi) is 4.81. The Balaban J connectivity index is 1.55. The molecule has 3 rings (SSSR count). The van der Waals surface area contributed by atoms with Crippen molar-refractivity contribution < 1.29 is 4.79 Å². The molecule has 1 amide bonds. The number of carbonyl (C=O) groups is 1. The average Bonchev–Trinajstić information content (AvgIpc) is 3.03. The first kappa shape index (κ1) is 15.5. The Labute approximate surface area is 132 Å².